The molecule has 0 aromatic heterocycles. The zero-order chi connectivity index (χ0) is 19.3. The van der Waals surface area contributed by atoms with Crippen molar-refractivity contribution in [2.75, 3.05) is 6.54 Å². The molecule has 0 fully saturated rings. The van der Waals surface area contributed by atoms with Crippen molar-refractivity contribution >= 4 is 0 Å². The summed E-state index contributed by atoms with van der Waals surface area (Å²) in [5, 5.41) is 3.63. The van der Waals surface area contributed by atoms with Crippen molar-refractivity contribution in [2.45, 2.75) is 84.9 Å². The molecule has 1 aromatic rings. The van der Waals surface area contributed by atoms with Gasteiger partial charge in [-0.05, 0) is 79.2 Å². The minimum Gasteiger partial charge on any atom is -0.310 e. The first kappa shape index (κ1) is 21.3. The molecule has 0 radical (unpaired) electrons. The number of fused-ring (bicyclic) bond motifs is 1. The van der Waals surface area contributed by atoms with Gasteiger partial charge in [0.2, 0.25) is 0 Å². The van der Waals surface area contributed by atoms with E-state index >= 15 is 0 Å². The maximum Gasteiger partial charge on any atom is 0.389 e. The van der Waals surface area contributed by atoms with E-state index in [0.717, 1.165) is 42.9 Å². The van der Waals surface area contributed by atoms with E-state index < -0.39 is 12.6 Å². The summed E-state index contributed by atoms with van der Waals surface area (Å²) in [6, 6.07) is 4.59. The van der Waals surface area contributed by atoms with Gasteiger partial charge in [-0.3, -0.25) is 0 Å². The summed E-state index contributed by atoms with van der Waals surface area (Å²) in [4.78, 5) is 0. The molecule has 0 saturated heterocycles. The molecule has 0 saturated carbocycles. The molecule has 1 nitrogen and oxygen atoms in total. The Hall–Kier alpha value is -1.03. The van der Waals surface area contributed by atoms with Crippen molar-refractivity contribution in [3.05, 3.63) is 34.4 Å². The number of alkyl halides is 3. The summed E-state index contributed by atoms with van der Waals surface area (Å²) < 4.78 is 37.9. The molecule has 1 aliphatic rings. The molecular formula is C22H34F3N. The molecule has 0 amide bonds. The van der Waals surface area contributed by atoms with Crippen LogP contribution in [0.5, 0.6) is 0 Å². The second kappa shape index (κ2) is 9.25. The van der Waals surface area contributed by atoms with Crippen LogP contribution >= 0.6 is 0 Å². The van der Waals surface area contributed by atoms with Crippen LogP contribution in [-0.2, 0) is 19.3 Å². The molecule has 1 heterocycles. The van der Waals surface area contributed by atoms with Crippen molar-refractivity contribution in [3.8, 4) is 0 Å². The highest BCUT2D eigenvalue weighted by molar-refractivity contribution is 5.42. The number of hydrogen-bond acceptors (Lipinski definition) is 1. The second-order valence-electron chi connectivity index (χ2n) is 8.36. The van der Waals surface area contributed by atoms with Crippen LogP contribution in [0.2, 0.25) is 0 Å². The third-order valence-corrected chi connectivity index (χ3v) is 5.50. The monoisotopic (exact) mass is 369 g/mol. The van der Waals surface area contributed by atoms with Crippen molar-refractivity contribution < 1.29 is 13.2 Å². The Morgan fingerprint density at radius 3 is 2.50 bits per heavy atom. The maximum absolute atomic E-state index is 12.6. The lowest BCUT2D eigenvalue weighted by Gasteiger charge is -2.30. The van der Waals surface area contributed by atoms with Gasteiger partial charge < -0.3 is 5.32 Å². The van der Waals surface area contributed by atoms with E-state index in [9.17, 15) is 13.2 Å². The molecule has 1 N–H and O–H groups in total. The number of rotatable bonds is 8. The number of hydrogen-bond donors (Lipinski definition) is 1. The van der Waals surface area contributed by atoms with Crippen LogP contribution in [0.25, 0.3) is 0 Å². The fourth-order valence-corrected chi connectivity index (χ4v) is 4.26. The number of nitrogens with one attached hydrogen (secondary N) is 1. The van der Waals surface area contributed by atoms with Gasteiger partial charge in [0.1, 0.15) is 0 Å². The molecule has 0 unspecified atom stereocenters. The first-order valence-corrected chi connectivity index (χ1v) is 10.1. The summed E-state index contributed by atoms with van der Waals surface area (Å²) in [5.41, 5.74) is 4.54. The Labute approximate surface area is 156 Å². The molecular weight excluding hydrogens is 335 g/mol. The van der Waals surface area contributed by atoms with Gasteiger partial charge in [0, 0.05) is 12.5 Å². The van der Waals surface area contributed by atoms with Crippen LogP contribution in [0.4, 0.5) is 13.2 Å². The zero-order valence-electron chi connectivity index (χ0n) is 16.7. The highest BCUT2D eigenvalue weighted by atomic mass is 19.4. The Bertz CT molecular complexity index is 577. The average Bonchev–Trinajstić information content (AvgIpc) is 2.55. The smallest absolute Gasteiger partial charge is 0.310 e. The van der Waals surface area contributed by atoms with E-state index in [2.05, 4.69) is 38.2 Å². The van der Waals surface area contributed by atoms with E-state index in [0.29, 0.717) is 12.0 Å². The van der Waals surface area contributed by atoms with Crippen LogP contribution in [0.1, 0.15) is 81.7 Å². The van der Waals surface area contributed by atoms with E-state index in [4.69, 9.17) is 0 Å². The Kier molecular flexibility index (Phi) is 7.57. The summed E-state index contributed by atoms with van der Waals surface area (Å²) in [6.07, 6.45) is 0.524. The van der Waals surface area contributed by atoms with Gasteiger partial charge in [-0.2, -0.15) is 13.2 Å². The van der Waals surface area contributed by atoms with Crippen molar-refractivity contribution in [2.24, 2.45) is 11.8 Å². The average molecular weight is 370 g/mol. The Morgan fingerprint density at radius 2 is 1.88 bits per heavy atom. The van der Waals surface area contributed by atoms with Gasteiger partial charge in [-0.15, -0.1) is 0 Å². The number of halogens is 3. The van der Waals surface area contributed by atoms with Crippen molar-refractivity contribution in [1.29, 1.82) is 0 Å². The molecule has 0 aliphatic carbocycles. The van der Waals surface area contributed by atoms with Crippen LogP contribution in [0.15, 0.2) is 12.1 Å². The number of benzene rings is 1. The first-order chi connectivity index (χ1) is 12.2. The summed E-state index contributed by atoms with van der Waals surface area (Å²) in [6.45, 7) is 9.80. The topological polar surface area (TPSA) is 12.0 Å². The van der Waals surface area contributed by atoms with Gasteiger partial charge in [0.05, 0.1) is 0 Å². The predicted octanol–water partition coefficient (Wildman–Crippen LogP) is 6.39. The van der Waals surface area contributed by atoms with E-state index in [-0.39, 0.29) is 6.42 Å². The SMILES string of the molecule is CCc1cc2c(cc1CCC(F)(F)F)CCN[C@@H]2CC[C@@H](C)CC(C)C. The van der Waals surface area contributed by atoms with E-state index in [1.807, 2.05) is 6.92 Å². The molecule has 26 heavy (non-hydrogen) atoms. The molecule has 0 spiro atoms. The van der Waals surface area contributed by atoms with Crippen molar-refractivity contribution in [1.82, 2.24) is 5.32 Å². The largest absolute Gasteiger partial charge is 0.389 e. The molecule has 2 rings (SSSR count). The minimum absolute atomic E-state index is 0.101. The lowest BCUT2D eigenvalue weighted by Crippen LogP contribution is -2.30. The standard InChI is InChI=1S/C22H34F3N/c1-5-17-14-20-19(13-18(17)8-10-22(23,24)25)9-11-26-21(20)7-6-16(4)12-15(2)3/h13-16,21,26H,5-12H2,1-4H3/t16-,21-/m1/s1. The highest BCUT2D eigenvalue weighted by Crippen LogP contribution is 2.33. The lowest BCUT2D eigenvalue weighted by molar-refractivity contribution is -0.134. The molecule has 0 bridgehead atoms. The third kappa shape index (κ3) is 6.29. The van der Waals surface area contributed by atoms with Gasteiger partial charge in [0.15, 0.2) is 0 Å². The molecule has 1 aromatic carbocycles. The molecule has 2 atom stereocenters. The van der Waals surface area contributed by atoms with Gasteiger partial charge >= 0.3 is 6.18 Å². The summed E-state index contributed by atoms with van der Waals surface area (Å²) in [7, 11) is 0. The summed E-state index contributed by atoms with van der Waals surface area (Å²) in [5.74, 6) is 1.43. The van der Waals surface area contributed by atoms with Gasteiger partial charge in [0.25, 0.3) is 0 Å². The second-order valence-corrected chi connectivity index (χ2v) is 8.36. The minimum atomic E-state index is -4.09. The van der Waals surface area contributed by atoms with E-state index in [1.54, 1.807) is 0 Å². The fourth-order valence-electron chi connectivity index (χ4n) is 4.26. The first-order valence-electron chi connectivity index (χ1n) is 10.1. The third-order valence-electron chi connectivity index (χ3n) is 5.50. The van der Waals surface area contributed by atoms with Crippen LogP contribution in [0.3, 0.4) is 0 Å². The van der Waals surface area contributed by atoms with Crippen LogP contribution in [0, 0.1) is 11.8 Å². The van der Waals surface area contributed by atoms with Crippen LogP contribution in [-0.4, -0.2) is 12.7 Å². The van der Waals surface area contributed by atoms with Gasteiger partial charge in [-0.1, -0.05) is 39.8 Å². The van der Waals surface area contributed by atoms with Crippen molar-refractivity contribution in [3.63, 3.8) is 0 Å². The highest BCUT2D eigenvalue weighted by Gasteiger charge is 2.28. The number of aryl methyl sites for hydroxylation is 2. The predicted molar refractivity (Wildman–Crippen MR) is 102 cm³/mol. The Balaban J connectivity index is 2.12. The van der Waals surface area contributed by atoms with Crippen LogP contribution < -0.4 is 5.32 Å². The normalized spacial score (nSPS) is 18.8. The fraction of sp³-hybridized carbons (Fsp3) is 0.727. The van der Waals surface area contributed by atoms with Gasteiger partial charge in [-0.25, -0.2) is 0 Å². The quantitative estimate of drug-likeness (QED) is 0.559. The zero-order valence-corrected chi connectivity index (χ0v) is 16.7. The molecule has 1 aliphatic heterocycles. The maximum atomic E-state index is 12.6. The summed E-state index contributed by atoms with van der Waals surface area (Å²) >= 11 is 0. The molecule has 4 heteroatoms. The van der Waals surface area contributed by atoms with E-state index in [1.165, 1.54) is 24.0 Å². The Morgan fingerprint density at radius 1 is 1.15 bits per heavy atom. The lowest BCUT2D eigenvalue weighted by atomic mass is 9.84. The molecule has 148 valence electrons.